The molecule has 13 heteroatoms. The number of ether oxygens (including phenoxy) is 2. The van der Waals surface area contributed by atoms with Crippen LogP contribution in [0.1, 0.15) is 39.5 Å². The van der Waals surface area contributed by atoms with E-state index in [0.29, 0.717) is 11.9 Å². The molecule has 2 N–H and O–H groups in total. The van der Waals surface area contributed by atoms with Crippen LogP contribution in [0.3, 0.4) is 0 Å². The number of piperidine rings is 1. The SMILES string of the molecule is CC(Nc1nc(-c2ccccc2)nc(N2CCC(C)(N3CCOCC3)CC2)n1)C1CCOCC1.O=C(O)C(F)(F)F. The van der Waals surface area contributed by atoms with Crippen molar-refractivity contribution in [3.63, 3.8) is 0 Å². The Bertz CT molecular complexity index is 1120. The molecule has 0 spiro atoms. The molecule has 1 aromatic carbocycles. The number of aromatic nitrogens is 3. The predicted molar refractivity (Wildman–Crippen MR) is 148 cm³/mol. The van der Waals surface area contributed by atoms with Gasteiger partial charge in [0.25, 0.3) is 0 Å². The van der Waals surface area contributed by atoms with E-state index in [-0.39, 0.29) is 11.6 Å². The third-order valence-electron chi connectivity index (χ3n) is 8.13. The van der Waals surface area contributed by atoms with Crippen LogP contribution in [-0.4, -0.2) is 101 Å². The van der Waals surface area contributed by atoms with Crippen LogP contribution in [0.4, 0.5) is 25.1 Å². The molecule has 3 aliphatic rings. The van der Waals surface area contributed by atoms with Crippen molar-refractivity contribution in [3.05, 3.63) is 30.3 Å². The molecule has 5 rings (SSSR count). The van der Waals surface area contributed by atoms with Gasteiger partial charge in [-0.1, -0.05) is 30.3 Å². The number of carboxylic acids is 1. The second-order valence-electron chi connectivity index (χ2n) is 10.9. The Balaban J connectivity index is 0.000000493. The van der Waals surface area contributed by atoms with Gasteiger partial charge in [0, 0.05) is 56.5 Å². The fraction of sp³-hybridized carbons (Fsp3) is 0.643. The second kappa shape index (κ2) is 13.8. The lowest BCUT2D eigenvalue weighted by molar-refractivity contribution is -0.192. The Morgan fingerprint density at radius 3 is 2.17 bits per heavy atom. The molecule has 3 saturated heterocycles. The van der Waals surface area contributed by atoms with E-state index in [1.165, 1.54) is 0 Å². The topological polar surface area (TPSA) is 113 Å². The number of halogens is 3. The quantitative estimate of drug-likeness (QED) is 0.518. The lowest BCUT2D eigenvalue weighted by atomic mass is 9.87. The van der Waals surface area contributed by atoms with Gasteiger partial charge in [0.05, 0.1) is 13.2 Å². The predicted octanol–water partition coefficient (Wildman–Crippen LogP) is 4.09. The van der Waals surface area contributed by atoms with Crippen molar-refractivity contribution in [2.24, 2.45) is 5.92 Å². The van der Waals surface area contributed by atoms with Crippen molar-refractivity contribution in [3.8, 4) is 11.4 Å². The summed E-state index contributed by atoms with van der Waals surface area (Å²) in [5, 5.41) is 10.7. The van der Waals surface area contributed by atoms with Gasteiger partial charge in [-0.25, -0.2) is 4.79 Å². The maximum Gasteiger partial charge on any atom is 0.490 e. The number of benzene rings is 1. The summed E-state index contributed by atoms with van der Waals surface area (Å²) in [4.78, 5) is 28.5. The Morgan fingerprint density at radius 1 is 1.00 bits per heavy atom. The molecule has 1 atom stereocenters. The van der Waals surface area contributed by atoms with Crippen LogP contribution in [0.5, 0.6) is 0 Å². The molecule has 3 aliphatic heterocycles. The zero-order valence-corrected chi connectivity index (χ0v) is 23.6. The zero-order valence-electron chi connectivity index (χ0n) is 23.6. The summed E-state index contributed by atoms with van der Waals surface area (Å²) in [6.07, 6.45) is -0.741. The van der Waals surface area contributed by atoms with E-state index >= 15 is 0 Å². The van der Waals surface area contributed by atoms with Gasteiger partial charge in [0.1, 0.15) is 0 Å². The van der Waals surface area contributed by atoms with Gasteiger partial charge >= 0.3 is 12.1 Å². The molecule has 41 heavy (non-hydrogen) atoms. The maximum absolute atomic E-state index is 10.6. The van der Waals surface area contributed by atoms with Crippen molar-refractivity contribution in [2.45, 2.75) is 57.3 Å². The summed E-state index contributed by atoms with van der Waals surface area (Å²) in [5.74, 6) is -0.0106. The number of hydrogen-bond acceptors (Lipinski definition) is 9. The Kier molecular flexibility index (Phi) is 10.4. The third-order valence-corrected chi connectivity index (χ3v) is 8.13. The molecule has 1 aromatic heterocycles. The first-order valence-electron chi connectivity index (χ1n) is 14.1. The smallest absolute Gasteiger partial charge is 0.475 e. The minimum atomic E-state index is -5.08. The number of anilines is 2. The minimum Gasteiger partial charge on any atom is -0.475 e. The molecule has 3 fully saturated rings. The van der Waals surface area contributed by atoms with Crippen LogP contribution in [0, 0.1) is 5.92 Å². The molecule has 226 valence electrons. The molecule has 10 nitrogen and oxygen atoms in total. The van der Waals surface area contributed by atoms with Crippen molar-refractivity contribution >= 4 is 17.9 Å². The highest BCUT2D eigenvalue weighted by molar-refractivity contribution is 5.73. The summed E-state index contributed by atoms with van der Waals surface area (Å²) in [6, 6.07) is 10.5. The number of carbonyl (C=O) groups is 1. The first-order valence-corrected chi connectivity index (χ1v) is 14.1. The Hall–Kier alpha value is -3.03. The van der Waals surface area contributed by atoms with Crippen LogP contribution in [0.2, 0.25) is 0 Å². The third kappa shape index (κ3) is 8.49. The van der Waals surface area contributed by atoms with Crippen molar-refractivity contribution in [1.82, 2.24) is 19.9 Å². The summed E-state index contributed by atoms with van der Waals surface area (Å²) in [5.41, 5.74) is 1.23. The number of hydrogen-bond donors (Lipinski definition) is 2. The number of nitrogens with one attached hydrogen (secondary N) is 1. The summed E-state index contributed by atoms with van der Waals surface area (Å²) >= 11 is 0. The molecule has 1 unspecified atom stereocenters. The molecule has 0 amide bonds. The van der Waals surface area contributed by atoms with Gasteiger partial charge in [-0.05, 0) is 45.4 Å². The normalized spacial score (nSPS) is 21.0. The highest BCUT2D eigenvalue weighted by Gasteiger charge is 2.38. The van der Waals surface area contributed by atoms with Crippen LogP contribution in [0.25, 0.3) is 11.4 Å². The highest BCUT2D eigenvalue weighted by Crippen LogP contribution is 2.32. The van der Waals surface area contributed by atoms with Gasteiger partial charge in [-0.15, -0.1) is 0 Å². The van der Waals surface area contributed by atoms with E-state index in [4.69, 9.17) is 34.3 Å². The molecular formula is C28H39F3N6O4. The molecular weight excluding hydrogens is 541 g/mol. The van der Waals surface area contributed by atoms with E-state index < -0.39 is 12.1 Å². The van der Waals surface area contributed by atoms with Gasteiger partial charge in [0.15, 0.2) is 5.82 Å². The van der Waals surface area contributed by atoms with Crippen LogP contribution in [0.15, 0.2) is 30.3 Å². The fourth-order valence-electron chi connectivity index (χ4n) is 5.43. The van der Waals surface area contributed by atoms with E-state index in [1.54, 1.807) is 0 Å². The Morgan fingerprint density at radius 2 is 1.59 bits per heavy atom. The first-order chi connectivity index (χ1) is 19.5. The van der Waals surface area contributed by atoms with Gasteiger partial charge < -0.3 is 24.8 Å². The number of morpholine rings is 1. The van der Waals surface area contributed by atoms with Crippen molar-refractivity contribution in [2.75, 3.05) is 62.8 Å². The van der Waals surface area contributed by atoms with Crippen LogP contribution >= 0.6 is 0 Å². The average Bonchev–Trinajstić information content (AvgIpc) is 2.98. The van der Waals surface area contributed by atoms with Crippen molar-refractivity contribution in [1.29, 1.82) is 0 Å². The maximum atomic E-state index is 10.6. The fourth-order valence-corrected chi connectivity index (χ4v) is 5.43. The van der Waals surface area contributed by atoms with Gasteiger partial charge in [-0.2, -0.15) is 28.1 Å². The number of rotatable bonds is 6. The van der Waals surface area contributed by atoms with Crippen LogP contribution < -0.4 is 10.2 Å². The first kappa shape index (κ1) is 30.9. The lowest BCUT2D eigenvalue weighted by Gasteiger charge is -2.48. The van der Waals surface area contributed by atoms with Gasteiger partial charge in [-0.3, -0.25) is 4.90 Å². The molecule has 0 aliphatic carbocycles. The van der Waals surface area contributed by atoms with E-state index in [0.717, 1.165) is 95.6 Å². The van der Waals surface area contributed by atoms with Gasteiger partial charge in [0.2, 0.25) is 11.9 Å². The molecule has 0 bridgehead atoms. The Labute approximate surface area is 238 Å². The molecule has 0 saturated carbocycles. The lowest BCUT2D eigenvalue weighted by Crippen LogP contribution is -2.57. The highest BCUT2D eigenvalue weighted by atomic mass is 19.4. The van der Waals surface area contributed by atoms with Crippen molar-refractivity contribution < 1.29 is 32.5 Å². The van der Waals surface area contributed by atoms with E-state index in [2.05, 4.69) is 41.1 Å². The number of nitrogens with zero attached hydrogens (tertiary/aromatic N) is 5. The second-order valence-corrected chi connectivity index (χ2v) is 10.9. The molecule has 4 heterocycles. The average molecular weight is 581 g/mol. The largest absolute Gasteiger partial charge is 0.490 e. The zero-order chi connectivity index (χ0) is 29.5. The number of aliphatic carboxylic acids is 1. The summed E-state index contributed by atoms with van der Waals surface area (Å²) in [6.45, 7) is 11.9. The minimum absolute atomic E-state index is 0.216. The van der Waals surface area contributed by atoms with E-state index in [1.807, 2.05) is 18.2 Å². The van der Waals surface area contributed by atoms with Crippen LogP contribution in [-0.2, 0) is 14.3 Å². The number of alkyl halides is 3. The van der Waals surface area contributed by atoms with E-state index in [9.17, 15) is 13.2 Å². The number of carboxylic acid groups (broad SMARTS) is 1. The molecule has 0 radical (unpaired) electrons. The molecule has 2 aromatic rings. The standard InChI is InChI=1S/C26H38N6O2.C2HF3O2/c1-20(21-8-16-33-17-9-21)27-24-28-23(22-6-4-3-5-7-22)29-25(30-24)31-12-10-26(2,11-13-31)32-14-18-34-19-15-32;3-2(4,5)1(6)7/h3-7,20-21H,8-19H2,1-2H3,(H,27,28,29,30);(H,6,7). The summed E-state index contributed by atoms with van der Waals surface area (Å²) < 4.78 is 42.9. The summed E-state index contributed by atoms with van der Waals surface area (Å²) in [7, 11) is 0. The monoisotopic (exact) mass is 580 g/mol.